The highest BCUT2D eigenvalue weighted by Crippen LogP contribution is 2.29. The molecule has 4 aromatic rings. The first-order valence-electron chi connectivity index (χ1n) is 10.3. The zero-order valence-electron chi connectivity index (χ0n) is 17.3. The van der Waals surface area contributed by atoms with Crippen molar-refractivity contribution in [3.8, 4) is 17.5 Å². The summed E-state index contributed by atoms with van der Waals surface area (Å²) >= 11 is 0. The molecule has 0 N–H and O–H groups in total. The molecule has 1 aromatic carbocycles. The van der Waals surface area contributed by atoms with Crippen molar-refractivity contribution in [2.24, 2.45) is 7.05 Å². The van der Waals surface area contributed by atoms with Gasteiger partial charge in [-0.3, -0.25) is 13.9 Å². The number of hydrogen-bond donors (Lipinski definition) is 0. The van der Waals surface area contributed by atoms with Gasteiger partial charge in [0.2, 0.25) is 0 Å². The van der Waals surface area contributed by atoms with E-state index in [-0.39, 0.29) is 18.3 Å². The van der Waals surface area contributed by atoms with E-state index in [0.717, 1.165) is 53.9 Å². The Morgan fingerprint density at radius 2 is 1.87 bits per heavy atom. The molecular weight excluding hydrogens is 412 g/mol. The van der Waals surface area contributed by atoms with Crippen LogP contribution in [0.15, 0.2) is 42.7 Å². The van der Waals surface area contributed by atoms with Crippen LogP contribution in [0.4, 0.5) is 0 Å². The number of halogens is 1. The monoisotopic (exact) mass is 434 g/mol. The summed E-state index contributed by atoms with van der Waals surface area (Å²) in [6.45, 7) is 1.66. The molecule has 0 aliphatic carbocycles. The molecule has 1 aliphatic rings. The number of imidazole rings is 1. The van der Waals surface area contributed by atoms with E-state index in [2.05, 4.69) is 11.1 Å². The van der Waals surface area contributed by atoms with Gasteiger partial charge in [-0.05, 0) is 43.2 Å². The molecule has 5 rings (SSSR count). The predicted octanol–water partition coefficient (Wildman–Crippen LogP) is 4.20. The molecule has 1 fully saturated rings. The number of nitriles is 1. The number of aromatic nitrogens is 4. The molecule has 158 valence electrons. The van der Waals surface area contributed by atoms with E-state index in [1.54, 1.807) is 23.1 Å². The number of amides is 1. The van der Waals surface area contributed by atoms with Crippen molar-refractivity contribution in [3.63, 3.8) is 0 Å². The molecule has 0 spiro atoms. The molecule has 0 bridgehead atoms. The maximum absolute atomic E-state index is 13.0. The number of nitrogens with zero attached hydrogens (tertiary/aromatic N) is 6. The molecular formula is C23H23ClN6O. The molecule has 31 heavy (non-hydrogen) atoms. The average Bonchev–Trinajstić information content (AvgIpc) is 3.20. The van der Waals surface area contributed by atoms with Crippen LogP contribution >= 0.6 is 12.4 Å². The van der Waals surface area contributed by atoms with Gasteiger partial charge in [0.25, 0.3) is 5.91 Å². The van der Waals surface area contributed by atoms with Crippen LogP contribution in [0.3, 0.4) is 0 Å². The van der Waals surface area contributed by atoms with Gasteiger partial charge in [-0.2, -0.15) is 10.4 Å². The number of likely N-dealkylation sites (tertiary alicyclic amines) is 1. The van der Waals surface area contributed by atoms with Crippen molar-refractivity contribution in [1.82, 2.24) is 24.1 Å². The Kier molecular flexibility index (Phi) is 5.66. The topological polar surface area (TPSA) is 79.2 Å². The second kappa shape index (κ2) is 8.40. The van der Waals surface area contributed by atoms with Crippen LogP contribution < -0.4 is 0 Å². The van der Waals surface area contributed by atoms with Crippen LogP contribution in [0, 0.1) is 11.3 Å². The molecule has 7 nitrogen and oxygen atoms in total. The average molecular weight is 435 g/mol. The molecule has 0 atom stereocenters. The standard InChI is InChI=1S/C23H22N6O.ClH/c1-27-19-12-17(23(30)28-10-4-2-3-5-11-28)7-8-18(19)22(26-27)20-14-25-21-9-6-16(13-24)15-29(20)21;/h6-9,12,14-15H,2-5,10-11H2,1H3;1H. The van der Waals surface area contributed by atoms with E-state index < -0.39 is 0 Å². The first kappa shape index (κ1) is 20.9. The van der Waals surface area contributed by atoms with E-state index in [1.165, 1.54) is 12.8 Å². The normalized spacial score (nSPS) is 14.3. The molecule has 1 aliphatic heterocycles. The summed E-state index contributed by atoms with van der Waals surface area (Å²) in [5.41, 5.74) is 4.52. The summed E-state index contributed by atoms with van der Waals surface area (Å²) in [6.07, 6.45) is 8.08. The largest absolute Gasteiger partial charge is 0.339 e. The van der Waals surface area contributed by atoms with Gasteiger partial charge in [0.15, 0.2) is 0 Å². The molecule has 1 amide bonds. The second-order valence-corrected chi connectivity index (χ2v) is 7.81. The number of aryl methyl sites for hydroxylation is 1. The lowest BCUT2D eigenvalue weighted by atomic mass is 10.1. The van der Waals surface area contributed by atoms with E-state index in [4.69, 9.17) is 5.10 Å². The molecule has 0 unspecified atom stereocenters. The zero-order chi connectivity index (χ0) is 20.7. The summed E-state index contributed by atoms with van der Waals surface area (Å²) in [5, 5.41) is 14.9. The van der Waals surface area contributed by atoms with Crippen LogP contribution in [0.25, 0.3) is 27.9 Å². The van der Waals surface area contributed by atoms with Crippen LogP contribution in [0.2, 0.25) is 0 Å². The van der Waals surface area contributed by atoms with E-state index in [0.29, 0.717) is 11.1 Å². The quantitative estimate of drug-likeness (QED) is 0.473. The number of hydrogen-bond acceptors (Lipinski definition) is 4. The molecule has 0 radical (unpaired) electrons. The molecule has 8 heteroatoms. The van der Waals surface area contributed by atoms with E-state index >= 15 is 0 Å². The van der Waals surface area contributed by atoms with Crippen molar-refractivity contribution >= 4 is 34.9 Å². The summed E-state index contributed by atoms with van der Waals surface area (Å²) < 4.78 is 3.69. The third kappa shape index (κ3) is 3.64. The number of benzene rings is 1. The smallest absolute Gasteiger partial charge is 0.253 e. The van der Waals surface area contributed by atoms with Crippen molar-refractivity contribution in [2.75, 3.05) is 13.1 Å². The molecule has 0 saturated carbocycles. The second-order valence-electron chi connectivity index (χ2n) is 7.81. The number of fused-ring (bicyclic) bond motifs is 2. The number of carbonyl (C=O) groups excluding carboxylic acids is 1. The van der Waals surface area contributed by atoms with Gasteiger partial charge in [-0.1, -0.05) is 12.8 Å². The summed E-state index contributed by atoms with van der Waals surface area (Å²) in [5.74, 6) is 0.0926. The van der Waals surface area contributed by atoms with Crippen LogP contribution in [0.1, 0.15) is 41.6 Å². The van der Waals surface area contributed by atoms with Gasteiger partial charge < -0.3 is 4.90 Å². The van der Waals surface area contributed by atoms with Gasteiger partial charge in [-0.15, -0.1) is 12.4 Å². The first-order chi connectivity index (χ1) is 14.7. The van der Waals surface area contributed by atoms with Gasteiger partial charge in [0.05, 0.1) is 23.0 Å². The fraction of sp³-hybridized carbons (Fsp3) is 0.304. The zero-order valence-corrected chi connectivity index (χ0v) is 18.1. The highest BCUT2D eigenvalue weighted by atomic mass is 35.5. The lowest BCUT2D eigenvalue weighted by Crippen LogP contribution is -2.31. The Morgan fingerprint density at radius 1 is 1.10 bits per heavy atom. The van der Waals surface area contributed by atoms with Gasteiger partial charge in [-0.25, -0.2) is 4.98 Å². The number of rotatable bonds is 2. The van der Waals surface area contributed by atoms with E-state index in [1.807, 2.05) is 40.6 Å². The van der Waals surface area contributed by atoms with Gasteiger partial charge in [0.1, 0.15) is 17.4 Å². The maximum atomic E-state index is 13.0. The lowest BCUT2D eigenvalue weighted by Gasteiger charge is -2.20. The Balaban J connectivity index is 0.00000231. The number of pyridine rings is 1. The molecule has 3 aromatic heterocycles. The highest BCUT2D eigenvalue weighted by Gasteiger charge is 2.20. The summed E-state index contributed by atoms with van der Waals surface area (Å²) in [7, 11) is 1.88. The van der Waals surface area contributed by atoms with Gasteiger partial charge in [0, 0.05) is 37.3 Å². The third-order valence-corrected chi connectivity index (χ3v) is 5.87. The fourth-order valence-electron chi connectivity index (χ4n) is 4.26. The van der Waals surface area contributed by atoms with Crippen molar-refractivity contribution in [2.45, 2.75) is 25.7 Å². The van der Waals surface area contributed by atoms with Crippen LogP contribution in [-0.4, -0.2) is 43.1 Å². The van der Waals surface area contributed by atoms with Gasteiger partial charge >= 0.3 is 0 Å². The molecule has 1 saturated heterocycles. The molecule has 4 heterocycles. The summed E-state index contributed by atoms with van der Waals surface area (Å²) in [6, 6.07) is 11.5. The Morgan fingerprint density at radius 3 is 2.61 bits per heavy atom. The number of carbonyl (C=O) groups is 1. The van der Waals surface area contributed by atoms with Crippen molar-refractivity contribution in [3.05, 3.63) is 53.9 Å². The van der Waals surface area contributed by atoms with Crippen molar-refractivity contribution < 1.29 is 4.79 Å². The minimum absolute atomic E-state index is 0. The predicted molar refractivity (Wildman–Crippen MR) is 121 cm³/mol. The Labute approximate surface area is 186 Å². The van der Waals surface area contributed by atoms with Crippen LogP contribution in [0.5, 0.6) is 0 Å². The van der Waals surface area contributed by atoms with Crippen molar-refractivity contribution in [1.29, 1.82) is 5.26 Å². The maximum Gasteiger partial charge on any atom is 0.253 e. The lowest BCUT2D eigenvalue weighted by molar-refractivity contribution is 0.0762. The minimum Gasteiger partial charge on any atom is -0.339 e. The van der Waals surface area contributed by atoms with E-state index in [9.17, 15) is 10.1 Å². The van der Waals surface area contributed by atoms with Crippen LogP contribution in [-0.2, 0) is 7.05 Å². The Bertz CT molecular complexity index is 1310. The third-order valence-electron chi connectivity index (χ3n) is 5.87. The SMILES string of the molecule is Cl.Cn1nc(-c2cnc3ccc(C#N)cn23)c2ccc(C(=O)N3CCCCCC3)cc21. The fourth-order valence-corrected chi connectivity index (χ4v) is 4.26. The first-order valence-corrected chi connectivity index (χ1v) is 10.3. The summed E-state index contributed by atoms with van der Waals surface area (Å²) in [4.78, 5) is 19.5. The Hall–Kier alpha value is -3.37. The highest BCUT2D eigenvalue weighted by molar-refractivity contribution is 6.01. The minimum atomic E-state index is 0.